The summed E-state index contributed by atoms with van der Waals surface area (Å²) in [6, 6.07) is 22.1. The van der Waals surface area contributed by atoms with Crippen molar-refractivity contribution in [3.8, 4) is 22.6 Å². The van der Waals surface area contributed by atoms with Gasteiger partial charge in [0.2, 0.25) is 10.0 Å². The van der Waals surface area contributed by atoms with E-state index in [2.05, 4.69) is 12.2 Å². The van der Waals surface area contributed by atoms with Gasteiger partial charge in [-0.05, 0) is 47.4 Å². The number of rotatable bonds is 15. The Bertz CT molecular complexity index is 1270. The van der Waals surface area contributed by atoms with Crippen molar-refractivity contribution in [1.82, 2.24) is 10.0 Å². The Kier molecular flexibility index (Phi) is 13.3. The summed E-state index contributed by atoms with van der Waals surface area (Å²) in [5.41, 5.74) is 2.76. The highest BCUT2D eigenvalue weighted by Crippen LogP contribution is 2.29. The number of aliphatic hydroxyl groups excluding tert-OH is 1. The molecule has 8 nitrogen and oxygen atoms in total. The average molecular weight is 577 g/mol. The van der Waals surface area contributed by atoms with Gasteiger partial charge in [0.1, 0.15) is 18.1 Å². The van der Waals surface area contributed by atoms with Gasteiger partial charge in [0.15, 0.2) is 0 Å². The molecule has 0 aliphatic heterocycles. The van der Waals surface area contributed by atoms with Crippen molar-refractivity contribution in [2.45, 2.75) is 32.3 Å². The fourth-order valence-electron chi connectivity index (χ4n) is 3.78. The third-order valence-corrected chi connectivity index (χ3v) is 6.32. The molecule has 0 fully saturated rings. The van der Waals surface area contributed by atoms with Gasteiger partial charge in [0, 0.05) is 13.1 Å². The molecule has 10 heteroatoms. The van der Waals surface area contributed by atoms with E-state index in [1.54, 1.807) is 18.2 Å². The summed E-state index contributed by atoms with van der Waals surface area (Å²) in [6.07, 6.45) is 3.23. The summed E-state index contributed by atoms with van der Waals surface area (Å²) in [6.45, 7) is 3.99. The first-order valence-electron chi connectivity index (χ1n) is 12.7. The Balaban J connectivity index is 0.00000533. The zero-order valence-corrected chi connectivity index (χ0v) is 23.9. The lowest BCUT2D eigenvalue weighted by Crippen LogP contribution is -2.29. The first-order chi connectivity index (χ1) is 18.3. The van der Waals surface area contributed by atoms with E-state index in [9.17, 15) is 18.3 Å². The normalized spacial score (nSPS) is 11.8. The Morgan fingerprint density at radius 2 is 1.62 bits per heavy atom. The average Bonchev–Trinajstić information content (AvgIpc) is 2.90. The van der Waals surface area contributed by atoms with Crippen LogP contribution >= 0.6 is 12.4 Å². The monoisotopic (exact) mass is 576 g/mol. The van der Waals surface area contributed by atoms with E-state index in [1.807, 2.05) is 59.3 Å². The van der Waals surface area contributed by atoms with Gasteiger partial charge in [-0.15, -0.1) is 12.4 Å². The minimum Gasteiger partial charge on any atom is -0.493 e. The molecule has 3 N–H and O–H groups in total. The molecule has 0 radical (unpaired) electrons. The Labute approximate surface area is 237 Å². The molecule has 212 valence electrons. The van der Waals surface area contributed by atoms with Crippen LogP contribution < -0.4 is 19.5 Å². The van der Waals surface area contributed by atoms with Gasteiger partial charge in [0.25, 0.3) is 5.91 Å². The fraction of sp³-hybridized carbons (Fsp3) is 0.345. The molecule has 39 heavy (non-hydrogen) atoms. The molecule has 0 heterocycles. The van der Waals surface area contributed by atoms with E-state index in [4.69, 9.17) is 9.47 Å². The van der Waals surface area contributed by atoms with Crippen LogP contribution in [-0.2, 0) is 10.0 Å². The van der Waals surface area contributed by atoms with Crippen molar-refractivity contribution in [1.29, 1.82) is 0 Å². The van der Waals surface area contributed by atoms with Gasteiger partial charge >= 0.3 is 0 Å². The van der Waals surface area contributed by atoms with Crippen molar-refractivity contribution < 1.29 is 27.8 Å². The summed E-state index contributed by atoms with van der Waals surface area (Å²) in [7, 11) is -3.70. The predicted molar refractivity (Wildman–Crippen MR) is 156 cm³/mol. The largest absolute Gasteiger partial charge is 0.493 e. The number of unbranched alkanes of at least 4 members (excludes halogenated alkanes) is 2. The summed E-state index contributed by atoms with van der Waals surface area (Å²) < 4.78 is 36.8. The molecular formula is C29H37ClN2O6S. The third-order valence-electron chi connectivity index (χ3n) is 5.77. The van der Waals surface area contributed by atoms with Crippen LogP contribution in [0, 0.1) is 0 Å². The number of carbonyl (C=O) groups is 1. The summed E-state index contributed by atoms with van der Waals surface area (Å²) >= 11 is 0. The van der Waals surface area contributed by atoms with Crippen molar-refractivity contribution in [2.24, 2.45) is 0 Å². The molecule has 3 rings (SSSR count). The van der Waals surface area contributed by atoms with Gasteiger partial charge in [-0.1, -0.05) is 68.3 Å². The van der Waals surface area contributed by atoms with Crippen LogP contribution in [0.3, 0.4) is 0 Å². The first-order valence-corrected chi connectivity index (χ1v) is 14.6. The molecule has 3 aromatic rings. The highest BCUT2D eigenvalue weighted by Gasteiger charge is 2.17. The highest BCUT2D eigenvalue weighted by atomic mass is 35.5. The van der Waals surface area contributed by atoms with Crippen molar-refractivity contribution in [2.75, 3.05) is 32.6 Å². The maximum atomic E-state index is 12.5. The number of aliphatic hydroxyl groups is 1. The third kappa shape index (κ3) is 10.9. The lowest BCUT2D eigenvalue weighted by atomic mass is 10.0. The standard InChI is InChI=1S/C29H36N2O6S.ClH/c1-3-4-8-18-37-28-20-24(13-16-26(28)29(33)31-38(2,34)35)22-11-14-25(15-12-22)36-19-17-30-21-27(32)23-9-6-5-7-10-23;/h5-7,9-16,20,27,30,32H,3-4,8,17-19,21H2,1-2H3,(H,31,33);1H/t27-;/m0./s1. The van der Waals surface area contributed by atoms with E-state index in [0.717, 1.165) is 42.2 Å². The van der Waals surface area contributed by atoms with Crippen LogP contribution in [0.4, 0.5) is 0 Å². The minimum atomic E-state index is -3.70. The van der Waals surface area contributed by atoms with Gasteiger partial charge in [-0.25, -0.2) is 13.1 Å². The first kappa shape index (κ1) is 32.1. The van der Waals surface area contributed by atoms with Crippen LogP contribution in [0.1, 0.15) is 48.2 Å². The Morgan fingerprint density at radius 3 is 2.28 bits per heavy atom. The van der Waals surface area contributed by atoms with E-state index >= 15 is 0 Å². The maximum absolute atomic E-state index is 12.5. The molecule has 1 amide bonds. The maximum Gasteiger partial charge on any atom is 0.268 e. The van der Waals surface area contributed by atoms with Crippen molar-refractivity contribution in [3.63, 3.8) is 0 Å². The van der Waals surface area contributed by atoms with Crippen LogP contribution in [-0.4, -0.2) is 52.0 Å². The second kappa shape index (κ2) is 16.1. The molecule has 0 spiro atoms. The number of carbonyl (C=O) groups excluding carboxylic acids is 1. The molecule has 0 saturated carbocycles. The molecule has 1 atom stereocenters. The van der Waals surface area contributed by atoms with Crippen LogP contribution in [0.25, 0.3) is 11.1 Å². The SMILES string of the molecule is CCCCCOc1cc(-c2ccc(OCCNC[C@H](O)c3ccccc3)cc2)ccc1C(=O)NS(C)(=O)=O.Cl. The van der Waals surface area contributed by atoms with E-state index < -0.39 is 22.0 Å². The van der Waals surface area contributed by atoms with Gasteiger partial charge in [-0.2, -0.15) is 0 Å². The Hall–Kier alpha value is -3.11. The predicted octanol–water partition coefficient (Wildman–Crippen LogP) is 4.74. The lowest BCUT2D eigenvalue weighted by Gasteiger charge is -2.14. The van der Waals surface area contributed by atoms with Crippen LogP contribution in [0.2, 0.25) is 0 Å². The molecule has 0 bridgehead atoms. The van der Waals surface area contributed by atoms with E-state index in [0.29, 0.717) is 37.8 Å². The lowest BCUT2D eigenvalue weighted by molar-refractivity contribution is 0.0977. The number of amides is 1. The minimum absolute atomic E-state index is 0. The van der Waals surface area contributed by atoms with Crippen LogP contribution in [0.5, 0.6) is 11.5 Å². The molecule has 3 aromatic carbocycles. The quantitative estimate of drug-likeness (QED) is 0.224. The van der Waals surface area contributed by atoms with E-state index in [1.165, 1.54) is 0 Å². The smallest absolute Gasteiger partial charge is 0.268 e. The number of sulfonamides is 1. The summed E-state index contributed by atoms with van der Waals surface area (Å²) in [5, 5.41) is 13.4. The zero-order chi connectivity index (χ0) is 27.4. The van der Waals surface area contributed by atoms with Gasteiger partial charge < -0.3 is 19.9 Å². The number of ether oxygens (including phenoxy) is 2. The second-order valence-corrected chi connectivity index (χ2v) is 10.7. The number of hydrogen-bond acceptors (Lipinski definition) is 7. The van der Waals surface area contributed by atoms with Crippen LogP contribution in [0.15, 0.2) is 72.8 Å². The number of hydrogen-bond donors (Lipinski definition) is 3. The topological polar surface area (TPSA) is 114 Å². The number of benzene rings is 3. The highest BCUT2D eigenvalue weighted by molar-refractivity contribution is 7.89. The molecular weight excluding hydrogens is 540 g/mol. The molecule has 0 aliphatic carbocycles. The zero-order valence-electron chi connectivity index (χ0n) is 22.3. The molecule has 0 aliphatic rings. The number of halogens is 1. The number of nitrogens with one attached hydrogen (secondary N) is 2. The molecule has 0 saturated heterocycles. The van der Waals surface area contributed by atoms with Gasteiger partial charge in [0.05, 0.1) is 24.5 Å². The van der Waals surface area contributed by atoms with Crippen molar-refractivity contribution in [3.05, 3.63) is 83.9 Å². The summed E-state index contributed by atoms with van der Waals surface area (Å²) in [4.78, 5) is 12.5. The van der Waals surface area contributed by atoms with Gasteiger partial charge in [-0.3, -0.25) is 4.79 Å². The summed E-state index contributed by atoms with van der Waals surface area (Å²) in [5.74, 6) is 0.321. The molecule has 0 aromatic heterocycles. The fourth-order valence-corrected chi connectivity index (χ4v) is 4.23. The molecule has 0 unspecified atom stereocenters. The van der Waals surface area contributed by atoms with E-state index in [-0.39, 0.29) is 18.0 Å². The Morgan fingerprint density at radius 1 is 0.923 bits per heavy atom. The second-order valence-electron chi connectivity index (χ2n) is 8.97. The van der Waals surface area contributed by atoms with Crippen molar-refractivity contribution >= 4 is 28.3 Å².